The van der Waals surface area contributed by atoms with E-state index < -0.39 is 0 Å². The fourth-order valence-corrected chi connectivity index (χ4v) is 3.53. The Morgan fingerprint density at radius 3 is 2.79 bits per heavy atom. The SMILES string of the molecule is Nc1cc2ccccc2c(=O)n1Cc1sccc1Br. The van der Waals surface area contributed by atoms with Gasteiger partial charge in [-0.3, -0.25) is 9.36 Å². The molecule has 0 saturated carbocycles. The Labute approximate surface area is 122 Å². The third-order valence-electron chi connectivity index (χ3n) is 3.04. The molecule has 0 saturated heterocycles. The summed E-state index contributed by atoms with van der Waals surface area (Å²) >= 11 is 5.08. The minimum atomic E-state index is -0.0455. The van der Waals surface area contributed by atoms with E-state index in [2.05, 4.69) is 15.9 Å². The van der Waals surface area contributed by atoms with Crippen molar-refractivity contribution in [1.29, 1.82) is 0 Å². The van der Waals surface area contributed by atoms with E-state index in [4.69, 9.17) is 5.73 Å². The van der Waals surface area contributed by atoms with Crippen LogP contribution in [0.1, 0.15) is 4.88 Å². The van der Waals surface area contributed by atoms with E-state index >= 15 is 0 Å². The number of benzene rings is 1. The highest BCUT2D eigenvalue weighted by Gasteiger charge is 2.09. The van der Waals surface area contributed by atoms with Gasteiger partial charge >= 0.3 is 0 Å². The third-order valence-corrected chi connectivity index (χ3v) is 4.96. The second kappa shape index (κ2) is 4.83. The normalized spacial score (nSPS) is 11.0. The lowest BCUT2D eigenvalue weighted by atomic mass is 10.1. The highest BCUT2D eigenvalue weighted by Crippen LogP contribution is 2.24. The fraction of sp³-hybridized carbons (Fsp3) is 0.0714. The molecule has 0 aliphatic carbocycles. The van der Waals surface area contributed by atoms with E-state index in [0.29, 0.717) is 17.7 Å². The van der Waals surface area contributed by atoms with Crippen LogP contribution in [-0.4, -0.2) is 4.57 Å². The molecule has 1 aromatic carbocycles. The summed E-state index contributed by atoms with van der Waals surface area (Å²) in [4.78, 5) is 13.5. The maximum Gasteiger partial charge on any atom is 0.260 e. The van der Waals surface area contributed by atoms with E-state index in [1.807, 2.05) is 41.8 Å². The minimum Gasteiger partial charge on any atom is -0.385 e. The predicted octanol–water partition coefficient (Wildman–Crippen LogP) is 3.46. The van der Waals surface area contributed by atoms with Gasteiger partial charge in [-0.15, -0.1) is 11.3 Å². The lowest BCUT2D eigenvalue weighted by molar-refractivity contribution is 0.789. The zero-order valence-electron chi connectivity index (χ0n) is 9.97. The van der Waals surface area contributed by atoms with Crippen LogP contribution >= 0.6 is 27.3 Å². The van der Waals surface area contributed by atoms with Crippen LogP contribution < -0.4 is 11.3 Å². The molecule has 96 valence electrons. The first kappa shape index (κ1) is 12.4. The molecule has 0 spiro atoms. The van der Waals surface area contributed by atoms with Crippen LogP contribution in [0.15, 0.2) is 51.0 Å². The van der Waals surface area contributed by atoms with E-state index in [1.165, 1.54) is 0 Å². The van der Waals surface area contributed by atoms with E-state index in [1.54, 1.807) is 15.9 Å². The van der Waals surface area contributed by atoms with E-state index in [0.717, 1.165) is 14.7 Å². The quantitative estimate of drug-likeness (QED) is 0.780. The maximum atomic E-state index is 12.5. The molecule has 0 aliphatic heterocycles. The number of hydrogen-bond donors (Lipinski definition) is 1. The molecule has 3 nitrogen and oxygen atoms in total. The van der Waals surface area contributed by atoms with Gasteiger partial charge in [-0.2, -0.15) is 0 Å². The highest BCUT2D eigenvalue weighted by molar-refractivity contribution is 9.10. The summed E-state index contributed by atoms with van der Waals surface area (Å²) in [6.45, 7) is 0.494. The Morgan fingerprint density at radius 2 is 2.05 bits per heavy atom. The number of hydrogen-bond acceptors (Lipinski definition) is 3. The summed E-state index contributed by atoms with van der Waals surface area (Å²) in [7, 11) is 0. The van der Waals surface area contributed by atoms with Gasteiger partial charge in [0.1, 0.15) is 5.82 Å². The topological polar surface area (TPSA) is 48.0 Å². The number of pyridine rings is 1. The lowest BCUT2D eigenvalue weighted by Crippen LogP contribution is -2.23. The number of nitrogens with zero attached hydrogens (tertiary/aromatic N) is 1. The van der Waals surface area contributed by atoms with Gasteiger partial charge < -0.3 is 5.73 Å². The van der Waals surface area contributed by atoms with Crippen LogP contribution in [0.5, 0.6) is 0 Å². The van der Waals surface area contributed by atoms with E-state index in [9.17, 15) is 4.79 Å². The standard InChI is InChI=1S/C14H11BrN2OS/c15-11-5-6-19-12(11)8-17-13(16)7-9-3-1-2-4-10(9)14(17)18/h1-7H,8,16H2. The number of rotatable bonds is 2. The monoisotopic (exact) mass is 334 g/mol. The Hall–Kier alpha value is -1.59. The molecule has 0 unspecified atom stereocenters. The number of fused-ring (bicyclic) bond motifs is 1. The van der Waals surface area contributed by atoms with Crippen molar-refractivity contribution < 1.29 is 0 Å². The van der Waals surface area contributed by atoms with Gasteiger partial charge in [-0.1, -0.05) is 18.2 Å². The van der Waals surface area contributed by atoms with Crippen molar-refractivity contribution >= 4 is 43.9 Å². The van der Waals surface area contributed by atoms with Crippen molar-refractivity contribution in [3.05, 3.63) is 61.5 Å². The summed E-state index contributed by atoms with van der Waals surface area (Å²) in [5, 5.41) is 3.57. The first-order chi connectivity index (χ1) is 9.16. The van der Waals surface area contributed by atoms with Crippen molar-refractivity contribution in [3.63, 3.8) is 0 Å². The van der Waals surface area contributed by atoms with Crippen LogP contribution in [0.4, 0.5) is 5.82 Å². The van der Waals surface area contributed by atoms with Gasteiger partial charge in [0.15, 0.2) is 0 Å². The number of anilines is 1. The molecular formula is C14H11BrN2OS. The number of halogens is 1. The number of thiophene rings is 1. The third kappa shape index (κ3) is 2.19. The Kier molecular flexibility index (Phi) is 3.16. The molecule has 0 amide bonds. The molecule has 5 heteroatoms. The van der Waals surface area contributed by atoms with Crippen molar-refractivity contribution in [3.8, 4) is 0 Å². The number of nitrogens with two attached hydrogens (primary N) is 1. The van der Waals surface area contributed by atoms with Gasteiger partial charge in [-0.25, -0.2) is 0 Å². The molecule has 2 heterocycles. The van der Waals surface area contributed by atoms with Crippen LogP contribution in [0.25, 0.3) is 10.8 Å². The summed E-state index contributed by atoms with van der Waals surface area (Å²) < 4.78 is 2.62. The minimum absolute atomic E-state index is 0.0455. The van der Waals surface area contributed by atoms with Crippen molar-refractivity contribution in [2.24, 2.45) is 0 Å². The predicted molar refractivity (Wildman–Crippen MR) is 83.7 cm³/mol. The first-order valence-electron chi connectivity index (χ1n) is 5.77. The van der Waals surface area contributed by atoms with Gasteiger partial charge in [0.2, 0.25) is 0 Å². The molecule has 2 N–H and O–H groups in total. The number of nitrogen functional groups attached to an aromatic ring is 1. The Balaban J connectivity index is 2.19. The van der Waals surface area contributed by atoms with E-state index in [-0.39, 0.29) is 5.56 Å². The molecule has 2 aromatic heterocycles. The zero-order chi connectivity index (χ0) is 13.4. The second-order valence-corrected chi connectivity index (χ2v) is 6.09. The fourth-order valence-electron chi connectivity index (χ4n) is 2.06. The lowest BCUT2D eigenvalue weighted by Gasteiger charge is -2.10. The van der Waals surface area contributed by atoms with Gasteiger partial charge in [0.25, 0.3) is 5.56 Å². The molecule has 19 heavy (non-hydrogen) atoms. The largest absolute Gasteiger partial charge is 0.385 e. The molecule has 3 rings (SSSR count). The molecule has 0 bridgehead atoms. The maximum absolute atomic E-state index is 12.5. The summed E-state index contributed by atoms with van der Waals surface area (Å²) in [6.07, 6.45) is 0. The Morgan fingerprint density at radius 1 is 1.26 bits per heavy atom. The summed E-state index contributed by atoms with van der Waals surface area (Å²) in [6, 6.07) is 11.3. The smallest absolute Gasteiger partial charge is 0.260 e. The van der Waals surface area contributed by atoms with Gasteiger partial charge in [0.05, 0.1) is 6.54 Å². The van der Waals surface area contributed by atoms with Gasteiger partial charge in [0, 0.05) is 14.7 Å². The van der Waals surface area contributed by atoms with Gasteiger partial charge in [-0.05, 0) is 44.9 Å². The molecule has 0 fully saturated rings. The van der Waals surface area contributed by atoms with Crippen molar-refractivity contribution in [2.75, 3.05) is 5.73 Å². The first-order valence-corrected chi connectivity index (χ1v) is 7.44. The molecule has 0 aliphatic rings. The molecular weight excluding hydrogens is 324 g/mol. The molecule has 0 atom stereocenters. The van der Waals surface area contributed by atoms with Crippen LogP contribution in [0.3, 0.4) is 0 Å². The second-order valence-electron chi connectivity index (χ2n) is 4.24. The Bertz CT molecular complexity index is 807. The number of aromatic nitrogens is 1. The average molecular weight is 335 g/mol. The molecule has 3 aromatic rings. The average Bonchev–Trinajstić information content (AvgIpc) is 2.80. The van der Waals surface area contributed by atoms with Crippen molar-refractivity contribution in [1.82, 2.24) is 4.57 Å². The summed E-state index contributed by atoms with van der Waals surface area (Å²) in [5.74, 6) is 0.490. The molecule has 0 radical (unpaired) electrons. The van der Waals surface area contributed by atoms with Crippen LogP contribution in [0.2, 0.25) is 0 Å². The summed E-state index contributed by atoms with van der Waals surface area (Å²) in [5.41, 5.74) is 5.96. The van der Waals surface area contributed by atoms with Crippen molar-refractivity contribution in [2.45, 2.75) is 6.54 Å². The highest BCUT2D eigenvalue weighted by atomic mass is 79.9. The van der Waals surface area contributed by atoms with Crippen LogP contribution in [0, 0.1) is 0 Å². The van der Waals surface area contributed by atoms with Crippen LogP contribution in [-0.2, 0) is 6.54 Å². The zero-order valence-corrected chi connectivity index (χ0v) is 12.4.